The second-order valence-electron chi connectivity index (χ2n) is 4.23. The van der Waals surface area contributed by atoms with Crippen LogP contribution in [0.1, 0.15) is 5.56 Å². The zero-order valence-corrected chi connectivity index (χ0v) is 13.9. The van der Waals surface area contributed by atoms with Crippen molar-refractivity contribution in [3.8, 4) is 0 Å². The molecule has 1 aromatic carbocycles. The standard InChI is InChI=1S/C17H13NS.CH3.Fe/c1-19-15-11-16(13-7-3-2-4-8-13)18-17(12-15)14-9-5-6-10-14;;/h2-9,11-12H,1H3;1H3;/q-2;-1;+3. The third kappa shape index (κ3) is 4.04. The topological polar surface area (TPSA) is 14.1 Å². The van der Waals surface area contributed by atoms with Crippen molar-refractivity contribution in [1.82, 2.24) is 0 Å². The molecule has 0 bridgehead atoms. The Hall–Kier alpha value is -1.41. The Bertz CT molecular complexity index is 622. The largest absolute Gasteiger partial charge is 3.00 e. The van der Waals surface area contributed by atoms with Crippen LogP contribution in [0.5, 0.6) is 0 Å². The zero-order chi connectivity index (χ0) is 13.1. The van der Waals surface area contributed by atoms with E-state index in [1.54, 1.807) is 11.8 Å². The van der Waals surface area contributed by atoms with E-state index < -0.39 is 0 Å². The molecule has 1 radical (unpaired) electrons. The fourth-order valence-corrected chi connectivity index (χ4v) is 2.47. The summed E-state index contributed by atoms with van der Waals surface area (Å²) >= 11 is 1.74. The van der Waals surface area contributed by atoms with Gasteiger partial charge in [-0.15, -0.1) is 29.6 Å². The molecule has 2 aliphatic rings. The van der Waals surface area contributed by atoms with Gasteiger partial charge in [0.15, 0.2) is 0 Å². The molecule has 1 aliphatic heterocycles. The molecule has 0 atom stereocenters. The van der Waals surface area contributed by atoms with Gasteiger partial charge >= 0.3 is 17.1 Å². The fraction of sp³-hybridized carbons (Fsp3) is 0.0556. The zero-order valence-electron chi connectivity index (χ0n) is 12.0. The molecule has 0 aromatic heterocycles. The third-order valence-electron chi connectivity index (χ3n) is 2.98. The first-order chi connectivity index (χ1) is 9.36. The van der Waals surface area contributed by atoms with Crippen LogP contribution < -0.4 is 0 Å². The molecule has 3 rings (SSSR count). The van der Waals surface area contributed by atoms with Gasteiger partial charge < -0.3 is 12.7 Å². The maximum absolute atomic E-state index is 4.75. The summed E-state index contributed by atoms with van der Waals surface area (Å²) in [7, 11) is 0. The summed E-state index contributed by atoms with van der Waals surface area (Å²) in [5, 5.41) is 4.75. The second kappa shape index (κ2) is 8.13. The van der Waals surface area contributed by atoms with Crippen molar-refractivity contribution >= 4 is 17.5 Å². The summed E-state index contributed by atoms with van der Waals surface area (Å²) in [6, 6.07) is 10.3. The van der Waals surface area contributed by atoms with E-state index in [9.17, 15) is 0 Å². The molecule has 1 aliphatic carbocycles. The van der Waals surface area contributed by atoms with Gasteiger partial charge in [0.25, 0.3) is 0 Å². The van der Waals surface area contributed by atoms with Crippen molar-refractivity contribution in [2.75, 3.05) is 6.26 Å². The molecule has 0 spiro atoms. The SMILES string of the molecule is CSC1=CC(=C2[C-]=CC=C2)[N-]C(c2ccccc2)=C1.[CH3-].[Fe+3]. The molecule has 1 aromatic rings. The van der Waals surface area contributed by atoms with Gasteiger partial charge in [-0.25, -0.2) is 5.70 Å². The average Bonchev–Trinajstić information content (AvgIpc) is 3.02. The molecule has 0 saturated heterocycles. The summed E-state index contributed by atoms with van der Waals surface area (Å²) in [6.07, 6.45) is 15.5. The minimum Gasteiger partial charge on any atom is -0.701 e. The molecular weight excluding hydrogens is 318 g/mol. The Kier molecular flexibility index (Phi) is 6.83. The fourth-order valence-electron chi connectivity index (χ4n) is 2.01. The van der Waals surface area contributed by atoms with Crippen LogP contribution in [0, 0.1) is 13.5 Å². The number of thioether (sulfide) groups is 1. The Labute approximate surface area is 142 Å². The molecule has 0 N–H and O–H groups in total. The van der Waals surface area contributed by atoms with Gasteiger partial charge in [0.2, 0.25) is 0 Å². The summed E-state index contributed by atoms with van der Waals surface area (Å²) < 4.78 is 0. The molecule has 21 heavy (non-hydrogen) atoms. The molecule has 107 valence electrons. The molecule has 0 amide bonds. The molecule has 1 nitrogen and oxygen atoms in total. The van der Waals surface area contributed by atoms with Crippen LogP contribution in [0.15, 0.2) is 76.9 Å². The van der Waals surface area contributed by atoms with Crippen molar-refractivity contribution in [2.45, 2.75) is 0 Å². The normalized spacial score (nSPS) is 19.1. The monoisotopic (exact) mass is 334 g/mol. The van der Waals surface area contributed by atoms with E-state index in [1.807, 2.05) is 36.4 Å². The van der Waals surface area contributed by atoms with Gasteiger partial charge in [-0.1, -0.05) is 36.4 Å². The number of benzene rings is 1. The quantitative estimate of drug-likeness (QED) is 0.529. The van der Waals surface area contributed by atoms with Crippen molar-refractivity contribution in [3.05, 3.63) is 101 Å². The number of hydrogen-bond donors (Lipinski definition) is 0. The van der Waals surface area contributed by atoms with E-state index in [4.69, 9.17) is 5.32 Å². The minimum atomic E-state index is 0. The molecule has 0 saturated carbocycles. The van der Waals surface area contributed by atoms with Crippen LogP contribution in [0.25, 0.3) is 11.0 Å². The molecule has 0 fully saturated rings. The predicted molar refractivity (Wildman–Crippen MR) is 89.8 cm³/mol. The van der Waals surface area contributed by atoms with E-state index in [-0.39, 0.29) is 24.5 Å². The summed E-state index contributed by atoms with van der Waals surface area (Å²) in [5.41, 5.74) is 4.19. The van der Waals surface area contributed by atoms with Gasteiger partial charge in [0.1, 0.15) is 0 Å². The van der Waals surface area contributed by atoms with Gasteiger partial charge in [-0.3, -0.25) is 0 Å². The first-order valence-corrected chi connectivity index (χ1v) is 7.34. The van der Waals surface area contributed by atoms with E-state index in [0.29, 0.717) is 0 Å². The molecule has 3 heteroatoms. The Morgan fingerprint density at radius 1 is 1.10 bits per heavy atom. The van der Waals surface area contributed by atoms with Crippen LogP contribution in [0.2, 0.25) is 0 Å². The maximum atomic E-state index is 4.75. The number of allylic oxidation sites excluding steroid dienone is 7. The number of hydrogen-bond acceptors (Lipinski definition) is 1. The minimum absolute atomic E-state index is 0. The van der Waals surface area contributed by atoms with Crippen LogP contribution >= 0.6 is 11.8 Å². The van der Waals surface area contributed by atoms with E-state index in [1.165, 1.54) is 4.91 Å². The summed E-state index contributed by atoms with van der Waals surface area (Å²) in [5.74, 6) is 0. The van der Waals surface area contributed by atoms with Gasteiger partial charge in [0.05, 0.1) is 0 Å². The third-order valence-corrected chi connectivity index (χ3v) is 3.69. The summed E-state index contributed by atoms with van der Waals surface area (Å²) in [4.78, 5) is 1.22. The van der Waals surface area contributed by atoms with Gasteiger partial charge in [-0.05, 0) is 16.7 Å². The van der Waals surface area contributed by atoms with Gasteiger partial charge in [-0.2, -0.15) is 23.8 Å². The van der Waals surface area contributed by atoms with E-state index >= 15 is 0 Å². The predicted octanol–water partition coefficient (Wildman–Crippen LogP) is 5.29. The Morgan fingerprint density at radius 3 is 2.48 bits per heavy atom. The van der Waals surface area contributed by atoms with Crippen LogP contribution in [-0.2, 0) is 17.1 Å². The molecule has 1 heterocycles. The Balaban J connectivity index is 0.00000110. The van der Waals surface area contributed by atoms with E-state index in [0.717, 1.165) is 22.5 Å². The second-order valence-corrected chi connectivity index (χ2v) is 5.11. The van der Waals surface area contributed by atoms with Crippen molar-refractivity contribution in [3.63, 3.8) is 0 Å². The van der Waals surface area contributed by atoms with Gasteiger partial charge in [0, 0.05) is 0 Å². The summed E-state index contributed by atoms with van der Waals surface area (Å²) in [6.45, 7) is 0. The first kappa shape index (κ1) is 17.6. The van der Waals surface area contributed by atoms with Crippen molar-refractivity contribution in [2.24, 2.45) is 0 Å². The number of rotatable bonds is 2. The smallest absolute Gasteiger partial charge is 0.701 e. The average molecular weight is 334 g/mol. The molecular formula is C18H16FeNS. The van der Waals surface area contributed by atoms with Crippen molar-refractivity contribution in [1.29, 1.82) is 0 Å². The van der Waals surface area contributed by atoms with Crippen LogP contribution in [0.3, 0.4) is 0 Å². The molecule has 0 unspecified atom stereocenters. The number of nitrogens with zero attached hydrogens (tertiary/aromatic N) is 1. The Morgan fingerprint density at radius 2 is 1.86 bits per heavy atom. The van der Waals surface area contributed by atoms with Crippen LogP contribution in [-0.4, -0.2) is 6.26 Å². The van der Waals surface area contributed by atoms with Crippen molar-refractivity contribution < 1.29 is 17.1 Å². The van der Waals surface area contributed by atoms with Crippen LogP contribution in [0.4, 0.5) is 0 Å². The van der Waals surface area contributed by atoms with E-state index in [2.05, 4.69) is 36.6 Å². The first-order valence-electron chi connectivity index (χ1n) is 6.12. The maximum Gasteiger partial charge on any atom is 3.00 e.